The Kier molecular flexibility index (Phi) is 7.56. The molecule has 168 valence electrons. The minimum absolute atomic E-state index is 0.0635. The Balaban J connectivity index is 2.08. The van der Waals surface area contributed by atoms with Gasteiger partial charge in [-0.1, -0.05) is 44.2 Å². The number of carbonyl (C=O) groups is 1. The highest BCUT2D eigenvalue weighted by atomic mass is 19.1. The van der Waals surface area contributed by atoms with E-state index in [1.54, 1.807) is 22.9 Å². The first-order valence-electron chi connectivity index (χ1n) is 10.5. The number of para-hydroxylation sites is 1. The summed E-state index contributed by atoms with van der Waals surface area (Å²) in [5.41, 5.74) is 3.90. The highest BCUT2D eigenvalue weighted by Gasteiger charge is 2.21. The van der Waals surface area contributed by atoms with Crippen molar-refractivity contribution >= 4 is 12.0 Å². The van der Waals surface area contributed by atoms with Crippen LogP contribution in [0.5, 0.6) is 0 Å². The molecule has 1 heterocycles. The first-order chi connectivity index (χ1) is 15.3. The number of hydrogen-bond acceptors (Lipinski definition) is 4. The molecule has 0 spiro atoms. The summed E-state index contributed by atoms with van der Waals surface area (Å²) in [6.45, 7) is 4.02. The molecular weight excluding hydrogens is 411 g/mol. The molecule has 0 aliphatic heterocycles. The summed E-state index contributed by atoms with van der Waals surface area (Å²) in [7, 11) is 0. The largest absolute Gasteiger partial charge is 0.481 e. The second kappa shape index (κ2) is 10.3. The Morgan fingerprint density at radius 1 is 1.09 bits per heavy atom. The van der Waals surface area contributed by atoms with Crippen molar-refractivity contribution in [2.45, 2.75) is 44.8 Å². The van der Waals surface area contributed by atoms with Crippen LogP contribution in [0.25, 0.3) is 23.0 Å². The summed E-state index contributed by atoms with van der Waals surface area (Å²) in [6.07, 6.45) is 0.536. The third kappa shape index (κ3) is 5.69. The van der Waals surface area contributed by atoms with Gasteiger partial charge in [0.05, 0.1) is 35.7 Å². The molecule has 0 unspecified atom stereocenters. The maximum absolute atomic E-state index is 13.6. The van der Waals surface area contributed by atoms with Gasteiger partial charge in [-0.2, -0.15) is 5.10 Å². The van der Waals surface area contributed by atoms with Crippen LogP contribution in [0, 0.1) is 5.82 Å². The maximum Gasteiger partial charge on any atom is 0.305 e. The first-order valence-corrected chi connectivity index (χ1v) is 10.5. The molecule has 7 heteroatoms. The predicted molar refractivity (Wildman–Crippen MR) is 121 cm³/mol. The number of aliphatic hydroxyl groups is 2. The SMILES string of the molecule is CC(C)c1nn(-c2ccccc2)c(-c2ccc(F)cc2)c1/C=C/[C@@H](O)C[C@@H](O)CC(=O)O. The van der Waals surface area contributed by atoms with Crippen LogP contribution in [-0.4, -0.2) is 43.3 Å². The van der Waals surface area contributed by atoms with Crippen molar-refractivity contribution in [2.24, 2.45) is 0 Å². The molecule has 0 radical (unpaired) electrons. The van der Waals surface area contributed by atoms with E-state index >= 15 is 0 Å². The number of aliphatic carboxylic acids is 1. The van der Waals surface area contributed by atoms with Gasteiger partial charge in [0.1, 0.15) is 5.82 Å². The fourth-order valence-electron chi connectivity index (χ4n) is 3.53. The van der Waals surface area contributed by atoms with Crippen LogP contribution in [0.1, 0.15) is 43.9 Å². The number of carboxylic acid groups (broad SMARTS) is 1. The van der Waals surface area contributed by atoms with E-state index in [1.807, 2.05) is 44.2 Å². The molecular formula is C25H27FN2O4. The van der Waals surface area contributed by atoms with Crippen LogP contribution in [-0.2, 0) is 4.79 Å². The number of aromatic nitrogens is 2. The van der Waals surface area contributed by atoms with Gasteiger partial charge in [-0.3, -0.25) is 4.79 Å². The van der Waals surface area contributed by atoms with Crippen LogP contribution in [0.4, 0.5) is 4.39 Å². The zero-order valence-electron chi connectivity index (χ0n) is 18.0. The molecule has 0 aliphatic rings. The van der Waals surface area contributed by atoms with Crippen molar-refractivity contribution in [1.82, 2.24) is 9.78 Å². The van der Waals surface area contributed by atoms with Crippen LogP contribution in [0.15, 0.2) is 60.7 Å². The number of aliphatic hydroxyl groups excluding tert-OH is 2. The summed E-state index contributed by atoms with van der Waals surface area (Å²) in [4.78, 5) is 10.8. The summed E-state index contributed by atoms with van der Waals surface area (Å²) >= 11 is 0. The molecule has 6 nitrogen and oxygen atoms in total. The number of benzene rings is 2. The molecule has 0 fully saturated rings. The van der Waals surface area contributed by atoms with Crippen molar-refractivity contribution in [3.8, 4) is 16.9 Å². The Labute approximate surface area is 186 Å². The second-order valence-electron chi connectivity index (χ2n) is 7.97. The summed E-state index contributed by atoms with van der Waals surface area (Å²) in [5.74, 6) is -1.41. The summed E-state index contributed by atoms with van der Waals surface area (Å²) in [6, 6.07) is 15.7. The average molecular weight is 438 g/mol. The molecule has 3 N–H and O–H groups in total. The lowest BCUT2D eigenvalue weighted by atomic mass is 9.98. The molecule has 1 aromatic heterocycles. The number of rotatable bonds is 9. The minimum atomic E-state index is -1.15. The van der Waals surface area contributed by atoms with Crippen molar-refractivity contribution in [2.75, 3.05) is 0 Å². The molecule has 2 atom stereocenters. The van der Waals surface area contributed by atoms with Crippen molar-refractivity contribution in [3.05, 3.63) is 77.7 Å². The van der Waals surface area contributed by atoms with Gasteiger partial charge in [-0.05, 0) is 42.3 Å². The monoisotopic (exact) mass is 438 g/mol. The topological polar surface area (TPSA) is 95.6 Å². The van der Waals surface area contributed by atoms with E-state index in [9.17, 15) is 19.4 Å². The molecule has 3 aromatic rings. The van der Waals surface area contributed by atoms with E-state index in [0.29, 0.717) is 0 Å². The first kappa shape index (κ1) is 23.4. The summed E-state index contributed by atoms with van der Waals surface area (Å²) in [5, 5.41) is 33.8. The highest BCUT2D eigenvalue weighted by molar-refractivity contribution is 5.76. The lowest BCUT2D eigenvalue weighted by Crippen LogP contribution is -2.19. The zero-order chi connectivity index (χ0) is 23.3. The van der Waals surface area contributed by atoms with Crippen LogP contribution >= 0.6 is 0 Å². The van der Waals surface area contributed by atoms with Crippen LogP contribution in [0.2, 0.25) is 0 Å². The van der Waals surface area contributed by atoms with Crippen LogP contribution in [0.3, 0.4) is 0 Å². The Bertz CT molecular complexity index is 1080. The Morgan fingerprint density at radius 3 is 2.34 bits per heavy atom. The van der Waals surface area contributed by atoms with E-state index < -0.39 is 24.6 Å². The standard InChI is InChI=1S/C25H27FN2O4/c1-16(2)24-22(13-12-20(29)14-21(30)15-23(31)32)25(17-8-10-18(26)11-9-17)28(27-24)19-6-4-3-5-7-19/h3-13,16,20-21,29-30H,14-15H2,1-2H3,(H,31,32)/b13-12+/t20-,21-/m1/s1. The molecule has 0 amide bonds. The fourth-order valence-corrected chi connectivity index (χ4v) is 3.53. The number of carboxylic acids is 1. The van der Waals surface area contributed by atoms with Gasteiger partial charge < -0.3 is 15.3 Å². The molecule has 0 saturated heterocycles. The van der Waals surface area contributed by atoms with Gasteiger partial charge in [0, 0.05) is 17.5 Å². The molecule has 0 saturated carbocycles. The van der Waals surface area contributed by atoms with Gasteiger partial charge in [-0.15, -0.1) is 0 Å². The molecule has 0 aliphatic carbocycles. The normalized spacial score (nSPS) is 13.6. The molecule has 2 aromatic carbocycles. The van der Waals surface area contributed by atoms with E-state index in [1.165, 1.54) is 18.2 Å². The van der Waals surface area contributed by atoms with Crippen molar-refractivity contribution in [3.63, 3.8) is 0 Å². The quantitative estimate of drug-likeness (QED) is 0.460. The predicted octanol–water partition coefficient (Wildman–Crippen LogP) is 4.40. The fraction of sp³-hybridized carbons (Fsp3) is 0.280. The summed E-state index contributed by atoms with van der Waals surface area (Å²) < 4.78 is 15.4. The molecule has 32 heavy (non-hydrogen) atoms. The maximum atomic E-state index is 13.6. The number of halogens is 1. The minimum Gasteiger partial charge on any atom is -0.481 e. The van der Waals surface area contributed by atoms with Gasteiger partial charge in [-0.25, -0.2) is 9.07 Å². The van der Waals surface area contributed by atoms with Gasteiger partial charge in [0.2, 0.25) is 0 Å². The van der Waals surface area contributed by atoms with Crippen molar-refractivity contribution in [1.29, 1.82) is 0 Å². The van der Waals surface area contributed by atoms with Gasteiger partial charge in [0.15, 0.2) is 0 Å². The third-order valence-electron chi connectivity index (χ3n) is 5.02. The zero-order valence-corrected chi connectivity index (χ0v) is 18.0. The lowest BCUT2D eigenvalue weighted by Gasteiger charge is -2.12. The Morgan fingerprint density at radius 2 is 1.75 bits per heavy atom. The van der Waals surface area contributed by atoms with E-state index in [4.69, 9.17) is 10.2 Å². The number of nitrogens with zero attached hydrogens (tertiary/aromatic N) is 2. The van der Waals surface area contributed by atoms with E-state index in [2.05, 4.69) is 0 Å². The molecule has 0 bridgehead atoms. The van der Waals surface area contributed by atoms with Crippen molar-refractivity contribution < 1.29 is 24.5 Å². The second-order valence-corrected chi connectivity index (χ2v) is 7.97. The number of hydrogen-bond donors (Lipinski definition) is 3. The van der Waals surface area contributed by atoms with Crippen LogP contribution < -0.4 is 0 Å². The van der Waals surface area contributed by atoms with Gasteiger partial charge >= 0.3 is 5.97 Å². The third-order valence-corrected chi connectivity index (χ3v) is 5.02. The van der Waals surface area contributed by atoms with E-state index in [0.717, 1.165) is 28.2 Å². The van der Waals surface area contributed by atoms with Gasteiger partial charge in [0.25, 0.3) is 0 Å². The average Bonchev–Trinajstić information content (AvgIpc) is 3.12. The lowest BCUT2D eigenvalue weighted by molar-refractivity contribution is -0.139. The highest BCUT2D eigenvalue weighted by Crippen LogP contribution is 2.33. The molecule has 3 rings (SSSR count). The Hall–Kier alpha value is -3.29. The van der Waals surface area contributed by atoms with E-state index in [-0.39, 0.29) is 18.2 Å². The smallest absolute Gasteiger partial charge is 0.305 e.